The van der Waals surface area contributed by atoms with E-state index < -0.39 is 0 Å². The standard InChI is InChI=1S/C17H22Cl2N2O2/c1-17(2,3)16(23)21-6-4-14(5-7-21)20-15(22)11-8-12(18)10-13(19)9-11/h8-10,14H,4-7H2,1-3H3,(H,20,22). The Morgan fingerprint density at radius 1 is 1.09 bits per heavy atom. The molecule has 1 aliphatic heterocycles. The van der Waals surface area contributed by atoms with Gasteiger partial charge in [-0.2, -0.15) is 0 Å². The van der Waals surface area contributed by atoms with Crippen molar-refractivity contribution in [2.24, 2.45) is 5.41 Å². The van der Waals surface area contributed by atoms with Gasteiger partial charge in [0, 0.05) is 40.2 Å². The van der Waals surface area contributed by atoms with E-state index in [1.807, 2.05) is 25.7 Å². The predicted octanol–water partition coefficient (Wildman–Crippen LogP) is 3.76. The van der Waals surface area contributed by atoms with Crippen LogP contribution in [0, 0.1) is 5.41 Å². The molecule has 0 aromatic heterocycles. The molecule has 1 aromatic rings. The molecule has 0 atom stereocenters. The van der Waals surface area contributed by atoms with E-state index in [2.05, 4.69) is 5.32 Å². The fraction of sp³-hybridized carbons (Fsp3) is 0.529. The molecule has 2 amide bonds. The lowest BCUT2D eigenvalue weighted by Gasteiger charge is -2.36. The van der Waals surface area contributed by atoms with Crippen LogP contribution in [0.3, 0.4) is 0 Å². The lowest BCUT2D eigenvalue weighted by molar-refractivity contribution is -0.140. The number of amides is 2. The fourth-order valence-corrected chi connectivity index (χ4v) is 3.18. The average molecular weight is 357 g/mol. The van der Waals surface area contributed by atoms with Crippen LogP contribution >= 0.6 is 23.2 Å². The molecule has 1 N–H and O–H groups in total. The second kappa shape index (κ2) is 7.10. The maximum atomic E-state index is 12.3. The predicted molar refractivity (Wildman–Crippen MR) is 93.0 cm³/mol. The van der Waals surface area contributed by atoms with Gasteiger partial charge >= 0.3 is 0 Å². The van der Waals surface area contributed by atoms with Crippen molar-refractivity contribution in [1.29, 1.82) is 0 Å². The maximum absolute atomic E-state index is 12.3. The van der Waals surface area contributed by atoms with E-state index in [1.54, 1.807) is 18.2 Å². The molecule has 1 heterocycles. The number of halogens is 2. The molecule has 23 heavy (non-hydrogen) atoms. The monoisotopic (exact) mass is 356 g/mol. The van der Waals surface area contributed by atoms with E-state index >= 15 is 0 Å². The summed E-state index contributed by atoms with van der Waals surface area (Å²) in [6.07, 6.45) is 1.50. The Labute approximate surface area is 147 Å². The Morgan fingerprint density at radius 2 is 1.61 bits per heavy atom. The van der Waals surface area contributed by atoms with Gasteiger partial charge in [-0.3, -0.25) is 9.59 Å². The molecule has 4 nitrogen and oxygen atoms in total. The van der Waals surface area contributed by atoms with Gasteiger partial charge in [0.1, 0.15) is 0 Å². The van der Waals surface area contributed by atoms with E-state index in [0.717, 1.165) is 12.8 Å². The van der Waals surface area contributed by atoms with Gasteiger partial charge in [0.2, 0.25) is 5.91 Å². The average Bonchev–Trinajstić information content (AvgIpc) is 2.45. The van der Waals surface area contributed by atoms with Gasteiger partial charge in [0.05, 0.1) is 0 Å². The normalized spacial score (nSPS) is 16.3. The maximum Gasteiger partial charge on any atom is 0.251 e. The Morgan fingerprint density at radius 3 is 2.09 bits per heavy atom. The summed E-state index contributed by atoms with van der Waals surface area (Å²) in [6, 6.07) is 4.85. The van der Waals surface area contributed by atoms with Crippen LogP contribution in [0.4, 0.5) is 0 Å². The molecule has 0 saturated carbocycles. The van der Waals surface area contributed by atoms with Gasteiger partial charge in [0.15, 0.2) is 0 Å². The van der Waals surface area contributed by atoms with E-state index in [0.29, 0.717) is 28.7 Å². The minimum Gasteiger partial charge on any atom is -0.349 e. The largest absolute Gasteiger partial charge is 0.349 e. The molecule has 2 rings (SSSR count). The highest BCUT2D eigenvalue weighted by Gasteiger charge is 2.30. The first-order valence-corrected chi connectivity index (χ1v) is 8.49. The molecule has 0 aliphatic carbocycles. The summed E-state index contributed by atoms with van der Waals surface area (Å²) < 4.78 is 0. The third-order valence-electron chi connectivity index (χ3n) is 3.88. The minimum atomic E-state index is -0.367. The Balaban J connectivity index is 1.91. The number of carbonyl (C=O) groups excluding carboxylic acids is 2. The number of nitrogens with one attached hydrogen (secondary N) is 1. The second-order valence-electron chi connectivity index (χ2n) is 6.95. The minimum absolute atomic E-state index is 0.0595. The van der Waals surface area contributed by atoms with Gasteiger partial charge in [-0.05, 0) is 31.0 Å². The SMILES string of the molecule is CC(C)(C)C(=O)N1CCC(NC(=O)c2cc(Cl)cc(Cl)c2)CC1. The van der Waals surface area contributed by atoms with E-state index in [1.165, 1.54) is 0 Å². The first-order valence-electron chi connectivity index (χ1n) is 7.73. The molecule has 126 valence electrons. The van der Waals surface area contributed by atoms with E-state index in [-0.39, 0.29) is 23.3 Å². The quantitative estimate of drug-likeness (QED) is 0.876. The molecule has 0 bridgehead atoms. The number of hydrogen-bond donors (Lipinski definition) is 1. The van der Waals surface area contributed by atoms with E-state index in [4.69, 9.17) is 23.2 Å². The van der Waals surface area contributed by atoms with Gasteiger partial charge in [-0.25, -0.2) is 0 Å². The van der Waals surface area contributed by atoms with E-state index in [9.17, 15) is 9.59 Å². The Hall–Kier alpha value is -1.26. The molecule has 0 unspecified atom stereocenters. The van der Waals surface area contributed by atoms with Gasteiger partial charge in [0.25, 0.3) is 5.91 Å². The van der Waals surface area contributed by atoms with Crippen LogP contribution in [-0.4, -0.2) is 35.8 Å². The lowest BCUT2D eigenvalue weighted by atomic mass is 9.93. The second-order valence-corrected chi connectivity index (χ2v) is 7.82. The Kier molecular flexibility index (Phi) is 5.58. The van der Waals surface area contributed by atoms with Gasteiger partial charge in [-0.1, -0.05) is 44.0 Å². The third kappa shape index (κ3) is 4.85. The summed E-state index contributed by atoms with van der Waals surface area (Å²) in [5.74, 6) is -0.0288. The van der Waals surface area contributed by atoms with Crippen LogP contribution in [0.2, 0.25) is 10.0 Å². The zero-order chi connectivity index (χ0) is 17.2. The molecular formula is C17H22Cl2N2O2. The van der Waals surface area contributed by atoms with Crippen molar-refractivity contribution in [2.45, 2.75) is 39.7 Å². The van der Waals surface area contributed by atoms with Crippen LogP contribution in [0.1, 0.15) is 44.0 Å². The molecule has 1 aliphatic rings. The number of benzene rings is 1. The molecule has 0 spiro atoms. The molecule has 1 fully saturated rings. The van der Waals surface area contributed by atoms with Crippen LogP contribution in [0.5, 0.6) is 0 Å². The Bertz CT molecular complexity index is 583. The van der Waals surface area contributed by atoms with Crippen molar-refractivity contribution in [3.8, 4) is 0 Å². The summed E-state index contributed by atoms with van der Waals surface area (Å²) in [5, 5.41) is 3.87. The third-order valence-corrected chi connectivity index (χ3v) is 4.32. The summed E-state index contributed by atoms with van der Waals surface area (Å²) in [7, 11) is 0. The number of carbonyl (C=O) groups is 2. The van der Waals surface area contributed by atoms with Crippen molar-refractivity contribution in [3.63, 3.8) is 0 Å². The van der Waals surface area contributed by atoms with Crippen LogP contribution in [-0.2, 0) is 4.79 Å². The number of nitrogens with zero attached hydrogens (tertiary/aromatic N) is 1. The first kappa shape index (κ1) is 18.1. The number of piperidine rings is 1. The highest BCUT2D eigenvalue weighted by molar-refractivity contribution is 6.35. The van der Waals surface area contributed by atoms with Crippen LogP contribution < -0.4 is 5.32 Å². The topological polar surface area (TPSA) is 49.4 Å². The van der Waals surface area contributed by atoms with Gasteiger partial charge in [-0.15, -0.1) is 0 Å². The zero-order valence-corrected chi connectivity index (χ0v) is 15.2. The zero-order valence-electron chi connectivity index (χ0n) is 13.7. The molecule has 1 saturated heterocycles. The fourth-order valence-electron chi connectivity index (χ4n) is 2.65. The highest BCUT2D eigenvalue weighted by atomic mass is 35.5. The molecule has 0 radical (unpaired) electrons. The van der Waals surface area contributed by atoms with Crippen molar-refractivity contribution < 1.29 is 9.59 Å². The van der Waals surface area contributed by atoms with Crippen molar-refractivity contribution in [2.75, 3.05) is 13.1 Å². The summed E-state index contributed by atoms with van der Waals surface area (Å²) in [4.78, 5) is 26.4. The number of rotatable bonds is 2. The van der Waals surface area contributed by atoms with Crippen molar-refractivity contribution in [3.05, 3.63) is 33.8 Å². The van der Waals surface area contributed by atoms with Crippen LogP contribution in [0.25, 0.3) is 0 Å². The lowest BCUT2D eigenvalue weighted by Crippen LogP contribution is -2.49. The number of likely N-dealkylation sites (tertiary alicyclic amines) is 1. The smallest absolute Gasteiger partial charge is 0.251 e. The summed E-state index contributed by atoms with van der Waals surface area (Å²) in [6.45, 7) is 7.10. The molecular weight excluding hydrogens is 335 g/mol. The van der Waals surface area contributed by atoms with Crippen molar-refractivity contribution >= 4 is 35.0 Å². The molecule has 1 aromatic carbocycles. The first-order chi connectivity index (χ1) is 10.7. The molecule has 6 heteroatoms. The van der Waals surface area contributed by atoms with Crippen molar-refractivity contribution in [1.82, 2.24) is 10.2 Å². The highest BCUT2D eigenvalue weighted by Crippen LogP contribution is 2.22. The summed E-state index contributed by atoms with van der Waals surface area (Å²) in [5.41, 5.74) is 0.0869. The van der Waals surface area contributed by atoms with Gasteiger partial charge < -0.3 is 10.2 Å². The number of hydrogen-bond acceptors (Lipinski definition) is 2. The van der Waals surface area contributed by atoms with Crippen LogP contribution in [0.15, 0.2) is 18.2 Å². The summed E-state index contributed by atoms with van der Waals surface area (Å²) >= 11 is 11.8.